The fraction of sp³-hybridized carbons (Fsp3) is 0.389. The Morgan fingerprint density at radius 1 is 1.34 bits per heavy atom. The third kappa shape index (κ3) is 5.10. The van der Waals surface area contributed by atoms with Gasteiger partial charge in [-0.15, -0.1) is 5.10 Å². The Labute approximate surface area is 167 Å². The van der Waals surface area contributed by atoms with Crippen molar-refractivity contribution in [1.29, 1.82) is 5.26 Å². The second-order valence-electron chi connectivity index (χ2n) is 6.45. The Morgan fingerprint density at radius 2 is 2.10 bits per heavy atom. The number of nitrogens with zero attached hydrogens (tertiary/aromatic N) is 3. The molecule has 3 rings (SSSR count). The summed E-state index contributed by atoms with van der Waals surface area (Å²) in [6.07, 6.45) is 2.41. The first-order valence-electron chi connectivity index (χ1n) is 8.99. The van der Waals surface area contributed by atoms with Crippen LogP contribution >= 0.6 is 0 Å². The van der Waals surface area contributed by atoms with Crippen LogP contribution in [0.25, 0.3) is 5.69 Å². The molecule has 0 unspecified atom stereocenters. The van der Waals surface area contributed by atoms with Crippen LogP contribution < -0.4 is 10.6 Å². The van der Waals surface area contributed by atoms with Gasteiger partial charge in [-0.25, -0.2) is 22.3 Å². The molecule has 1 aromatic heterocycles. The summed E-state index contributed by atoms with van der Waals surface area (Å²) in [6, 6.07) is 6.79. The van der Waals surface area contributed by atoms with E-state index in [9.17, 15) is 17.6 Å². The van der Waals surface area contributed by atoms with Crippen molar-refractivity contribution in [2.24, 2.45) is 0 Å². The van der Waals surface area contributed by atoms with Crippen LogP contribution in [0.3, 0.4) is 0 Å². The Hall–Kier alpha value is -2.97. The summed E-state index contributed by atoms with van der Waals surface area (Å²) >= 11 is 0. The maximum Gasteiger partial charge on any atom is 0.320 e. The van der Waals surface area contributed by atoms with E-state index in [1.54, 1.807) is 6.07 Å². The quantitative estimate of drug-likeness (QED) is 0.730. The maximum atomic E-state index is 13.7. The minimum absolute atomic E-state index is 0.0330. The van der Waals surface area contributed by atoms with Crippen LogP contribution in [0.5, 0.6) is 0 Å². The molecule has 1 fully saturated rings. The van der Waals surface area contributed by atoms with Crippen molar-refractivity contribution in [3.8, 4) is 11.8 Å². The van der Waals surface area contributed by atoms with E-state index in [0.717, 1.165) is 0 Å². The highest BCUT2D eigenvalue weighted by Crippen LogP contribution is 2.18. The van der Waals surface area contributed by atoms with Gasteiger partial charge in [-0.05, 0) is 25.0 Å². The first-order valence-corrected chi connectivity index (χ1v) is 10.7. The Kier molecular flexibility index (Phi) is 6.46. The first-order chi connectivity index (χ1) is 13.9. The molecule has 1 saturated heterocycles. The highest BCUT2D eigenvalue weighted by atomic mass is 32.2. The summed E-state index contributed by atoms with van der Waals surface area (Å²) < 4.78 is 44.7. The van der Waals surface area contributed by atoms with Gasteiger partial charge in [0.2, 0.25) is 0 Å². The van der Waals surface area contributed by atoms with E-state index in [1.807, 2.05) is 0 Å². The normalized spacial score (nSPS) is 14.9. The number of aromatic nitrogens is 2. The van der Waals surface area contributed by atoms with Gasteiger partial charge >= 0.3 is 6.03 Å². The van der Waals surface area contributed by atoms with Crippen LogP contribution in [0.15, 0.2) is 30.5 Å². The Bertz CT molecular complexity index is 1030. The predicted molar refractivity (Wildman–Crippen MR) is 103 cm³/mol. The number of anilines is 1. The van der Waals surface area contributed by atoms with Gasteiger partial charge in [0.05, 0.1) is 16.7 Å². The van der Waals surface area contributed by atoms with E-state index in [-0.39, 0.29) is 29.4 Å². The van der Waals surface area contributed by atoms with Gasteiger partial charge in [0.25, 0.3) is 0 Å². The molecule has 2 aromatic rings. The third-order valence-electron chi connectivity index (χ3n) is 4.53. The van der Waals surface area contributed by atoms with Crippen molar-refractivity contribution in [3.63, 3.8) is 0 Å². The van der Waals surface area contributed by atoms with Crippen molar-refractivity contribution >= 4 is 21.7 Å². The van der Waals surface area contributed by atoms with Gasteiger partial charge in [-0.2, -0.15) is 5.26 Å². The maximum absolute atomic E-state index is 13.7. The number of ether oxygens (including phenoxy) is 1. The number of amides is 2. The zero-order chi connectivity index (χ0) is 20.9. The van der Waals surface area contributed by atoms with Gasteiger partial charge in [-0.1, -0.05) is 6.07 Å². The number of carbonyl (C=O) groups excluding carboxylic acids is 1. The zero-order valence-electron chi connectivity index (χ0n) is 15.5. The lowest BCUT2D eigenvalue weighted by atomic mass is 10.2. The predicted octanol–water partition coefficient (Wildman–Crippen LogP) is 1.60. The first kappa shape index (κ1) is 20.8. The summed E-state index contributed by atoms with van der Waals surface area (Å²) in [7, 11) is -3.30. The van der Waals surface area contributed by atoms with E-state index < -0.39 is 26.9 Å². The molecule has 11 heteroatoms. The van der Waals surface area contributed by atoms with Crippen LogP contribution in [0.2, 0.25) is 0 Å². The van der Waals surface area contributed by atoms with Crippen molar-refractivity contribution in [2.75, 3.05) is 30.8 Å². The van der Waals surface area contributed by atoms with Crippen molar-refractivity contribution in [1.82, 2.24) is 15.1 Å². The number of urea groups is 1. The van der Waals surface area contributed by atoms with E-state index >= 15 is 0 Å². The minimum atomic E-state index is -3.30. The molecule has 9 nitrogen and oxygen atoms in total. The highest BCUT2D eigenvalue weighted by molar-refractivity contribution is 7.92. The van der Waals surface area contributed by atoms with Crippen LogP contribution in [-0.2, 0) is 14.6 Å². The van der Waals surface area contributed by atoms with Gasteiger partial charge in [0, 0.05) is 32.0 Å². The molecule has 2 heterocycles. The molecule has 1 aromatic carbocycles. The second kappa shape index (κ2) is 9.02. The molecule has 29 heavy (non-hydrogen) atoms. The molecular formula is C18H20FN5O4S. The average molecular weight is 421 g/mol. The van der Waals surface area contributed by atoms with Crippen molar-refractivity contribution in [3.05, 3.63) is 41.8 Å². The number of sulfone groups is 1. The third-order valence-corrected chi connectivity index (χ3v) is 6.79. The summed E-state index contributed by atoms with van der Waals surface area (Å²) in [6.45, 7) is 0.827. The number of benzene rings is 1. The fourth-order valence-electron chi connectivity index (χ4n) is 3.01. The van der Waals surface area contributed by atoms with Gasteiger partial charge in [0.15, 0.2) is 15.7 Å². The number of rotatable bonds is 6. The molecule has 0 atom stereocenters. The zero-order valence-corrected chi connectivity index (χ0v) is 16.3. The summed E-state index contributed by atoms with van der Waals surface area (Å²) in [5.74, 6) is -0.657. The number of nitrogens with one attached hydrogen (secondary N) is 2. The van der Waals surface area contributed by atoms with Crippen molar-refractivity contribution < 1.29 is 22.3 Å². The highest BCUT2D eigenvalue weighted by Gasteiger charge is 2.27. The second-order valence-corrected chi connectivity index (χ2v) is 8.85. The molecule has 0 bridgehead atoms. The topological polar surface area (TPSA) is 126 Å². The monoisotopic (exact) mass is 421 g/mol. The van der Waals surface area contributed by atoms with E-state index in [1.165, 1.54) is 35.1 Å². The standard InChI is InChI=1S/C18H20FN5O4S/c19-15-2-1-3-16(14(15)12-20)24-8-4-17(23-24)22-18(25)21-7-11-29(26,27)13-5-9-28-10-6-13/h1-4,8,13H,5-7,9-11H2,(H2,21,22,23,25). The number of carbonyl (C=O) groups is 1. The van der Waals surface area contributed by atoms with Crippen LogP contribution in [0, 0.1) is 17.1 Å². The van der Waals surface area contributed by atoms with Gasteiger partial charge in [0.1, 0.15) is 17.4 Å². The number of hydrogen-bond acceptors (Lipinski definition) is 6. The lowest BCUT2D eigenvalue weighted by Gasteiger charge is -2.22. The molecule has 0 saturated carbocycles. The van der Waals surface area contributed by atoms with Crippen LogP contribution in [0.4, 0.5) is 15.0 Å². The lowest BCUT2D eigenvalue weighted by Crippen LogP contribution is -2.37. The van der Waals surface area contributed by atoms with Crippen LogP contribution in [-0.4, -0.2) is 55.0 Å². The number of halogens is 1. The molecule has 1 aliphatic rings. The average Bonchev–Trinajstić information content (AvgIpc) is 3.16. The SMILES string of the molecule is N#Cc1c(F)cccc1-n1ccc(NC(=O)NCCS(=O)(=O)C2CCOCC2)n1. The molecule has 2 amide bonds. The van der Waals surface area contributed by atoms with E-state index in [4.69, 9.17) is 10.00 Å². The molecule has 154 valence electrons. The molecule has 0 radical (unpaired) electrons. The van der Waals surface area contributed by atoms with Gasteiger partial charge in [-0.3, -0.25) is 5.32 Å². The Balaban J connectivity index is 1.54. The fourth-order valence-corrected chi connectivity index (χ4v) is 4.64. The summed E-state index contributed by atoms with van der Waals surface area (Å²) in [5.41, 5.74) is 0.0773. The minimum Gasteiger partial charge on any atom is -0.381 e. The molecule has 2 N–H and O–H groups in total. The smallest absolute Gasteiger partial charge is 0.320 e. The number of hydrogen-bond donors (Lipinski definition) is 2. The molecule has 0 spiro atoms. The molecule has 1 aliphatic heterocycles. The summed E-state index contributed by atoms with van der Waals surface area (Å²) in [5, 5.41) is 17.7. The van der Waals surface area contributed by atoms with Crippen LogP contribution in [0.1, 0.15) is 18.4 Å². The largest absolute Gasteiger partial charge is 0.381 e. The Morgan fingerprint density at radius 3 is 2.83 bits per heavy atom. The van der Waals surface area contributed by atoms with E-state index in [2.05, 4.69) is 15.7 Å². The van der Waals surface area contributed by atoms with E-state index in [0.29, 0.717) is 26.1 Å². The van der Waals surface area contributed by atoms with Crippen molar-refractivity contribution in [2.45, 2.75) is 18.1 Å². The number of nitriles is 1. The summed E-state index contributed by atoms with van der Waals surface area (Å²) in [4.78, 5) is 12.0. The van der Waals surface area contributed by atoms with Gasteiger partial charge < -0.3 is 10.1 Å². The molecule has 0 aliphatic carbocycles. The lowest BCUT2D eigenvalue weighted by molar-refractivity contribution is 0.0983. The molecular weight excluding hydrogens is 401 g/mol.